The fraction of sp³-hybridized carbons (Fsp3) is 1.00. The second-order valence-corrected chi connectivity index (χ2v) is 8.47. The van der Waals surface area contributed by atoms with Gasteiger partial charge in [0.2, 0.25) is 0 Å². The number of aliphatic hydroxyl groups is 8. The third kappa shape index (κ3) is 7.02. The first-order chi connectivity index (χ1) is 14.8. The molecule has 0 radical (unpaired) electrons. The van der Waals surface area contributed by atoms with Crippen LogP contribution in [0.15, 0.2) is 0 Å². The largest absolute Gasteiger partial charge is 0.396 e. The lowest BCUT2D eigenvalue weighted by Gasteiger charge is -2.46. The number of rotatable bonds is 12. The van der Waals surface area contributed by atoms with Crippen molar-refractivity contribution in [3.8, 4) is 0 Å². The van der Waals surface area contributed by atoms with Gasteiger partial charge in [0.25, 0.3) is 0 Å². The number of hydrogen-bond donors (Lipinski definition) is 9. The van der Waals surface area contributed by atoms with Crippen molar-refractivity contribution in [1.82, 2.24) is 5.32 Å². The summed E-state index contributed by atoms with van der Waals surface area (Å²) in [5.41, 5.74) is 0. The normalized spacial score (nSPS) is 41.4. The van der Waals surface area contributed by atoms with Crippen LogP contribution < -0.4 is 5.32 Å². The van der Waals surface area contributed by atoms with Gasteiger partial charge in [-0.2, -0.15) is 0 Å². The van der Waals surface area contributed by atoms with E-state index in [-0.39, 0.29) is 6.61 Å². The zero-order chi connectivity index (χ0) is 23.0. The van der Waals surface area contributed by atoms with Crippen LogP contribution in [0.3, 0.4) is 0 Å². The molecule has 0 saturated carbocycles. The smallest absolute Gasteiger partial charge is 0.187 e. The minimum absolute atomic E-state index is 0.193. The Kier molecular flexibility index (Phi) is 11.5. The Labute approximate surface area is 182 Å². The van der Waals surface area contributed by atoms with Gasteiger partial charge in [-0.15, -0.1) is 0 Å². The second kappa shape index (κ2) is 13.3. The molecule has 11 heteroatoms. The number of unbranched alkanes of at least 4 members (excludes halogenated alkanes) is 5. The van der Waals surface area contributed by atoms with Gasteiger partial charge in [-0.3, -0.25) is 0 Å². The third-order valence-corrected chi connectivity index (χ3v) is 6.19. The molecule has 0 aromatic carbocycles. The summed E-state index contributed by atoms with van der Waals surface area (Å²) in [6.45, 7) is -0.832. The number of hydrogen-bond acceptors (Lipinski definition) is 11. The SMILES string of the molecule is OCCCCCCCCC1NC(CO)C(O)C(OC2OC(CO)C(O)C(O)C2O)C1O. The molecule has 0 aromatic heterocycles. The van der Waals surface area contributed by atoms with Crippen LogP contribution in [-0.4, -0.2) is 122 Å². The van der Waals surface area contributed by atoms with Crippen LogP contribution >= 0.6 is 0 Å². The molecule has 0 aromatic rings. The summed E-state index contributed by atoms with van der Waals surface area (Å²) in [6.07, 6.45) is -5.15. The topological polar surface area (TPSA) is 192 Å². The van der Waals surface area contributed by atoms with E-state index in [1.54, 1.807) is 0 Å². The summed E-state index contributed by atoms with van der Waals surface area (Å²) in [5.74, 6) is 0. The summed E-state index contributed by atoms with van der Waals surface area (Å²) < 4.78 is 10.9. The molecule has 10 unspecified atom stereocenters. The highest BCUT2D eigenvalue weighted by molar-refractivity contribution is 5.00. The second-order valence-electron chi connectivity index (χ2n) is 8.47. The van der Waals surface area contributed by atoms with Crippen molar-refractivity contribution in [3.05, 3.63) is 0 Å². The molecule has 2 rings (SSSR count). The Morgan fingerprint density at radius 3 is 1.87 bits per heavy atom. The van der Waals surface area contributed by atoms with Gasteiger partial charge in [-0.25, -0.2) is 0 Å². The van der Waals surface area contributed by atoms with Crippen LogP contribution in [0, 0.1) is 0 Å². The molecular weight excluding hydrogens is 414 g/mol. The van der Waals surface area contributed by atoms with E-state index in [9.17, 15) is 35.7 Å². The van der Waals surface area contributed by atoms with Crippen LogP contribution in [-0.2, 0) is 9.47 Å². The standard InChI is InChI=1S/C20H39NO10/c22-8-6-4-2-1-3-5-7-11-14(25)19(15(26)12(9-23)21-11)31-20-18(29)17(28)16(27)13(10-24)30-20/h11-29H,1-10H2. The Bertz CT molecular complexity index is 499. The van der Waals surface area contributed by atoms with Gasteiger partial charge in [0, 0.05) is 12.6 Å². The number of piperidine rings is 1. The number of ether oxygens (including phenoxy) is 2. The van der Waals surface area contributed by atoms with Crippen molar-refractivity contribution in [2.75, 3.05) is 19.8 Å². The van der Waals surface area contributed by atoms with Crippen LogP contribution in [0.1, 0.15) is 44.9 Å². The van der Waals surface area contributed by atoms with Gasteiger partial charge in [0.15, 0.2) is 6.29 Å². The molecule has 9 N–H and O–H groups in total. The highest BCUT2D eigenvalue weighted by Crippen LogP contribution is 2.28. The first-order valence-electron chi connectivity index (χ1n) is 11.2. The predicted octanol–water partition coefficient (Wildman–Crippen LogP) is -3.05. The van der Waals surface area contributed by atoms with Crippen molar-refractivity contribution in [3.63, 3.8) is 0 Å². The average molecular weight is 454 g/mol. The Balaban J connectivity index is 1.95. The lowest BCUT2D eigenvalue weighted by molar-refractivity contribution is -0.328. The molecule has 2 aliphatic rings. The fourth-order valence-electron chi connectivity index (χ4n) is 4.23. The van der Waals surface area contributed by atoms with E-state index in [0.717, 1.165) is 38.5 Å². The molecule has 2 aliphatic heterocycles. The lowest BCUT2D eigenvalue weighted by atomic mass is 9.87. The Morgan fingerprint density at radius 1 is 0.645 bits per heavy atom. The Hall–Kier alpha value is -0.440. The fourth-order valence-corrected chi connectivity index (χ4v) is 4.23. The van der Waals surface area contributed by atoms with Crippen LogP contribution in [0.4, 0.5) is 0 Å². The Morgan fingerprint density at radius 2 is 1.26 bits per heavy atom. The van der Waals surface area contributed by atoms with Gasteiger partial charge in [0.05, 0.1) is 25.4 Å². The first kappa shape index (κ1) is 26.8. The van der Waals surface area contributed by atoms with E-state index in [0.29, 0.717) is 6.42 Å². The lowest BCUT2D eigenvalue weighted by Crippen LogP contribution is -2.68. The van der Waals surface area contributed by atoms with Gasteiger partial charge in [-0.1, -0.05) is 32.1 Å². The summed E-state index contributed by atoms with van der Waals surface area (Å²) in [4.78, 5) is 0. The highest BCUT2D eigenvalue weighted by atomic mass is 16.7. The summed E-state index contributed by atoms with van der Waals surface area (Å²) in [6, 6.07) is -1.25. The molecule has 11 nitrogen and oxygen atoms in total. The van der Waals surface area contributed by atoms with Crippen molar-refractivity contribution < 1.29 is 50.3 Å². The minimum atomic E-state index is -1.66. The van der Waals surface area contributed by atoms with Gasteiger partial charge in [0.1, 0.15) is 36.6 Å². The van der Waals surface area contributed by atoms with E-state index in [4.69, 9.17) is 14.6 Å². The van der Waals surface area contributed by atoms with Crippen LogP contribution in [0.2, 0.25) is 0 Å². The molecule has 2 fully saturated rings. The molecule has 0 aliphatic carbocycles. The van der Waals surface area contributed by atoms with E-state index < -0.39 is 74.3 Å². The van der Waals surface area contributed by atoms with E-state index in [2.05, 4.69) is 5.32 Å². The average Bonchev–Trinajstić information content (AvgIpc) is 2.77. The maximum absolute atomic E-state index is 10.8. The van der Waals surface area contributed by atoms with E-state index in [1.165, 1.54) is 0 Å². The zero-order valence-electron chi connectivity index (χ0n) is 17.7. The van der Waals surface area contributed by atoms with Gasteiger partial charge < -0.3 is 55.6 Å². The molecule has 2 saturated heterocycles. The minimum Gasteiger partial charge on any atom is -0.396 e. The summed E-state index contributed by atoms with van der Waals surface area (Å²) >= 11 is 0. The van der Waals surface area contributed by atoms with Gasteiger partial charge in [-0.05, 0) is 12.8 Å². The van der Waals surface area contributed by atoms with Crippen molar-refractivity contribution in [2.24, 2.45) is 0 Å². The maximum atomic E-state index is 10.8. The quantitative estimate of drug-likeness (QED) is 0.136. The molecule has 0 spiro atoms. The highest BCUT2D eigenvalue weighted by Gasteiger charge is 2.49. The van der Waals surface area contributed by atoms with Crippen molar-refractivity contribution in [2.45, 2.75) is 106 Å². The summed E-state index contributed by atoms with van der Waals surface area (Å²) in [5, 5.41) is 82.1. The molecular formula is C20H39NO10. The molecule has 2 heterocycles. The van der Waals surface area contributed by atoms with E-state index in [1.807, 2.05) is 0 Å². The monoisotopic (exact) mass is 453 g/mol. The zero-order valence-corrected chi connectivity index (χ0v) is 17.7. The van der Waals surface area contributed by atoms with Crippen LogP contribution in [0.5, 0.6) is 0 Å². The molecule has 0 amide bonds. The van der Waals surface area contributed by atoms with E-state index >= 15 is 0 Å². The first-order valence-corrected chi connectivity index (χ1v) is 11.2. The third-order valence-electron chi connectivity index (χ3n) is 6.19. The molecule has 184 valence electrons. The number of aliphatic hydroxyl groups excluding tert-OH is 8. The number of nitrogens with one attached hydrogen (secondary N) is 1. The predicted molar refractivity (Wildman–Crippen MR) is 108 cm³/mol. The van der Waals surface area contributed by atoms with Gasteiger partial charge >= 0.3 is 0 Å². The van der Waals surface area contributed by atoms with Crippen LogP contribution in [0.25, 0.3) is 0 Å². The summed E-state index contributed by atoms with van der Waals surface area (Å²) in [7, 11) is 0. The maximum Gasteiger partial charge on any atom is 0.187 e. The molecule has 10 atom stereocenters. The molecule has 31 heavy (non-hydrogen) atoms. The van der Waals surface area contributed by atoms with Crippen molar-refractivity contribution in [1.29, 1.82) is 0 Å². The van der Waals surface area contributed by atoms with Crippen molar-refractivity contribution >= 4 is 0 Å². The molecule has 0 bridgehead atoms.